The molecule has 5 heteroatoms. The number of rotatable bonds is 4. The van der Waals surface area contributed by atoms with Crippen molar-refractivity contribution in [2.75, 3.05) is 18.0 Å². The van der Waals surface area contributed by atoms with E-state index in [0.29, 0.717) is 19.5 Å². The first-order valence-corrected chi connectivity index (χ1v) is 7.32. The van der Waals surface area contributed by atoms with Crippen LogP contribution in [0, 0.1) is 19.8 Å². The zero-order valence-corrected chi connectivity index (χ0v) is 12.8. The standard InChI is InChI=1S/C16H23N3O2/c1-10-6-11(2)8-13(7-10)19-5-4-14(16(19)21)15(20)18-12(3)9-17/h6-8,12,14H,4-5,9,17H2,1-3H3,(H,18,20)/t12-,14?/m0/s1. The van der Waals surface area contributed by atoms with Crippen molar-refractivity contribution < 1.29 is 9.59 Å². The van der Waals surface area contributed by atoms with Gasteiger partial charge in [0, 0.05) is 24.8 Å². The number of benzene rings is 1. The number of amides is 2. The van der Waals surface area contributed by atoms with Gasteiger partial charge in [0.2, 0.25) is 11.8 Å². The van der Waals surface area contributed by atoms with Crippen LogP contribution in [0.2, 0.25) is 0 Å². The number of hydrogen-bond acceptors (Lipinski definition) is 3. The summed E-state index contributed by atoms with van der Waals surface area (Å²) in [6, 6.07) is 5.92. The van der Waals surface area contributed by atoms with E-state index in [-0.39, 0.29) is 17.9 Å². The van der Waals surface area contributed by atoms with Crippen LogP contribution in [-0.4, -0.2) is 30.9 Å². The van der Waals surface area contributed by atoms with Gasteiger partial charge in [0.1, 0.15) is 5.92 Å². The van der Waals surface area contributed by atoms with Crippen LogP contribution in [-0.2, 0) is 9.59 Å². The molecule has 1 unspecified atom stereocenters. The Hall–Kier alpha value is -1.88. The van der Waals surface area contributed by atoms with Crippen molar-refractivity contribution in [3.8, 4) is 0 Å². The zero-order valence-electron chi connectivity index (χ0n) is 12.8. The van der Waals surface area contributed by atoms with Crippen LogP contribution in [0.4, 0.5) is 5.69 Å². The van der Waals surface area contributed by atoms with Gasteiger partial charge in [-0.15, -0.1) is 0 Å². The highest BCUT2D eigenvalue weighted by Crippen LogP contribution is 2.27. The largest absolute Gasteiger partial charge is 0.352 e. The van der Waals surface area contributed by atoms with Gasteiger partial charge in [-0.2, -0.15) is 0 Å². The molecule has 2 atom stereocenters. The Morgan fingerprint density at radius 3 is 2.57 bits per heavy atom. The zero-order chi connectivity index (χ0) is 15.6. The first-order chi connectivity index (χ1) is 9.92. The lowest BCUT2D eigenvalue weighted by atomic mass is 10.1. The molecule has 0 aromatic heterocycles. The van der Waals surface area contributed by atoms with Gasteiger partial charge in [0.15, 0.2) is 0 Å². The number of carbonyl (C=O) groups excluding carboxylic acids is 2. The lowest BCUT2D eigenvalue weighted by Crippen LogP contribution is -2.43. The fourth-order valence-electron chi connectivity index (χ4n) is 2.69. The number of nitrogens with zero attached hydrogens (tertiary/aromatic N) is 1. The Morgan fingerprint density at radius 2 is 2.00 bits per heavy atom. The van der Waals surface area contributed by atoms with Crippen LogP contribution in [0.15, 0.2) is 18.2 Å². The molecule has 3 N–H and O–H groups in total. The van der Waals surface area contributed by atoms with E-state index >= 15 is 0 Å². The van der Waals surface area contributed by atoms with Gasteiger partial charge in [-0.25, -0.2) is 0 Å². The fourth-order valence-corrected chi connectivity index (χ4v) is 2.69. The second-order valence-corrected chi connectivity index (χ2v) is 5.82. The van der Waals surface area contributed by atoms with Gasteiger partial charge in [-0.3, -0.25) is 9.59 Å². The molecule has 5 nitrogen and oxygen atoms in total. The van der Waals surface area contributed by atoms with Crippen molar-refractivity contribution in [1.82, 2.24) is 5.32 Å². The Morgan fingerprint density at radius 1 is 1.38 bits per heavy atom. The minimum absolute atomic E-state index is 0.111. The van der Waals surface area contributed by atoms with Gasteiger partial charge >= 0.3 is 0 Å². The minimum Gasteiger partial charge on any atom is -0.352 e. The predicted octanol–water partition coefficient (Wildman–Crippen LogP) is 1.12. The molecule has 1 aliphatic rings. The highest BCUT2D eigenvalue weighted by molar-refractivity contribution is 6.09. The molecule has 0 aliphatic carbocycles. The third-order valence-corrected chi connectivity index (χ3v) is 3.78. The molecule has 0 radical (unpaired) electrons. The summed E-state index contributed by atoms with van der Waals surface area (Å²) in [5, 5.41) is 2.79. The monoisotopic (exact) mass is 289 g/mol. The lowest BCUT2D eigenvalue weighted by Gasteiger charge is -2.19. The third kappa shape index (κ3) is 3.42. The highest BCUT2D eigenvalue weighted by Gasteiger charge is 2.37. The number of carbonyl (C=O) groups is 2. The summed E-state index contributed by atoms with van der Waals surface area (Å²) in [5.41, 5.74) is 8.60. The number of aryl methyl sites for hydroxylation is 2. The Bertz CT molecular complexity index is 536. The van der Waals surface area contributed by atoms with Gasteiger partial charge in [-0.05, 0) is 50.5 Å². The van der Waals surface area contributed by atoms with Crippen molar-refractivity contribution in [2.45, 2.75) is 33.2 Å². The summed E-state index contributed by atoms with van der Waals surface area (Å²) in [7, 11) is 0. The van der Waals surface area contributed by atoms with E-state index in [2.05, 4.69) is 11.4 Å². The quantitative estimate of drug-likeness (QED) is 0.816. The molecule has 1 aliphatic heterocycles. The van der Waals surface area contributed by atoms with Gasteiger partial charge in [0.05, 0.1) is 0 Å². The molecule has 114 valence electrons. The van der Waals surface area contributed by atoms with E-state index in [1.54, 1.807) is 4.90 Å². The molecule has 1 aromatic carbocycles. The molecule has 2 rings (SSSR count). The Labute approximate surface area is 125 Å². The average Bonchev–Trinajstić information content (AvgIpc) is 2.79. The van der Waals surface area contributed by atoms with Crippen molar-refractivity contribution in [2.24, 2.45) is 11.7 Å². The maximum Gasteiger partial charge on any atom is 0.239 e. The van der Waals surface area contributed by atoms with Gasteiger partial charge in [0.25, 0.3) is 0 Å². The van der Waals surface area contributed by atoms with Crippen LogP contribution in [0.25, 0.3) is 0 Å². The van der Waals surface area contributed by atoms with E-state index < -0.39 is 5.92 Å². The highest BCUT2D eigenvalue weighted by atomic mass is 16.2. The number of hydrogen-bond donors (Lipinski definition) is 2. The van der Waals surface area contributed by atoms with E-state index in [4.69, 9.17) is 5.73 Å². The van der Waals surface area contributed by atoms with E-state index in [1.807, 2.05) is 32.9 Å². The number of nitrogens with one attached hydrogen (secondary N) is 1. The lowest BCUT2D eigenvalue weighted by molar-refractivity contribution is -0.132. The summed E-state index contributed by atoms with van der Waals surface area (Å²) in [4.78, 5) is 26.3. The first-order valence-electron chi connectivity index (χ1n) is 7.32. The van der Waals surface area contributed by atoms with Gasteiger partial charge in [-0.1, -0.05) is 6.07 Å². The van der Waals surface area contributed by atoms with Crippen molar-refractivity contribution >= 4 is 17.5 Å². The predicted molar refractivity (Wildman–Crippen MR) is 83.0 cm³/mol. The molecule has 1 saturated heterocycles. The van der Waals surface area contributed by atoms with E-state index in [0.717, 1.165) is 16.8 Å². The average molecular weight is 289 g/mol. The maximum atomic E-state index is 12.5. The summed E-state index contributed by atoms with van der Waals surface area (Å²) >= 11 is 0. The van der Waals surface area contributed by atoms with Crippen molar-refractivity contribution in [3.63, 3.8) is 0 Å². The minimum atomic E-state index is -0.597. The van der Waals surface area contributed by atoms with Crippen molar-refractivity contribution in [1.29, 1.82) is 0 Å². The molecule has 0 spiro atoms. The molecular formula is C16H23N3O2. The summed E-state index contributed by atoms with van der Waals surface area (Å²) in [6.07, 6.45) is 0.551. The van der Waals surface area contributed by atoms with Crippen LogP contribution in [0.5, 0.6) is 0 Å². The Balaban J connectivity index is 2.12. The molecule has 0 saturated carbocycles. The second-order valence-electron chi connectivity index (χ2n) is 5.82. The van der Waals surface area contributed by atoms with Crippen molar-refractivity contribution in [3.05, 3.63) is 29.3 Å². The molecular weight excluding hydrogens is 266 g/mol. The molecule has 21 heavy (non-hydrogen) atoms. The molecule has 1 heterocycles. The SMILES string of the molecule is Cc1cc(C)cc(N2CCC(C(=O)N[C@@H](C)CN)C2=O)c1. The topological polar surface area (TPSA) is 75.4 Å². The smallest absolute Gasteiger partial charge is 0.239 e. The van der Waals surface area contributed by atoms with Gasteiger partial charge < -0.3 is 16.0 Å². The summed E-state index contributed by atoms with van der Waals surface area (Å²) < 4.78 is 0. The molecule has 2 amide bonds. The Kier molecular flexibility index (Phi) is 4.63. The van der Waals surface area contributed by atoms with E-state index in [9.17, 15) is 9.59 Å². The maximum absolute atomic E-state index is 12.5. The number of anilines is 1. The van der Waals surface area contributed by atoms with Crippen LogP contribution in [0.1, 0.15) is 24.5 Å². The molecule has 1 fully saturated rings. The second kappa shape index (κ2) is 6.26. The first kappa shape index (κ1) is 15.5. The van der Waals surface area contributed by atoms with Crippen LogP contribution < -0.4 is 16.0 Å². The fraction of sp³-hybridized carbons (Fsp3) is 0.500. The number of nitrogens with two attached hydrogens (primary N) is 1. The van der Waals surface area contributed by atoms with Crippen LogP contribution in [0.3, 0.4) is 0 Å². The summed E-state index contributed by atoms with van der Waals surface area (Å²) in [5.74, 6) is -0.939. The third-order valence-electron chi connectivity index (χ3n) is 3.78. The molecule has 0 bridgehead atoms. The normalized spacial score (nSPS) is 19.7. The molecule has 1 aromatic rings. The summed E-state index contributed by atoms with van der Waals surface area (Å²) in [6.45, 7) is 6.79. The van der Waals surface area contributed by atoms with Crippen LogP contribution >= 0.6 is 0 Å². The van der Waals surface area contributed by atoms with E-state index in [1.165, 1.54) is 0 Å².